The van der Waals surface area contributed by atoms with E-state index in [1.165, 1.54) is 11.8 Å². The zero-order chi connectivity index (χ0) is 18.9. The highest BCUT2D eigenvalue weighted by Gasteiger charge is 2.13. The fourth-order valence-electron chi connectivity index (χ4n) is 2.04. The van der Waals surface area contributed by atoms with Gasteiger partial charge in [-0.1, -0.05) is 11.8 Å². The lowest BCUT2D eigenvalue weighted by Gasteiger charge is -2.08. The molecule has 1 aromatic heterocycles. The van der Waals surface area contributed by atoms with E-state index in [1.807, 2.05) is 6.26 Å². The number of nitrogens with one attached hydrogen (secondary N) is 2. The standard InChI is InChI=1S/C17H19BrN4O3S/c1-25-12-7-5-11(6-8-12)21-14(23)4-3-9-19-16(24)15-13(18)10-20-17(22-15)26-2/h5-8,10H,3-4,9H2,1-2H3,(H,19,24)(H,21,23). The lowest BCUT2D eigenvalue weighted by molar-refractivity contribution is -0.116. The van der Waals surface area contributed by atoms with Gasteiger partial charge >= 0.3 is 0 Å². The number of carbonyl (C=O) groups is 2. The minimum atomic E-state index is -0.301. The second-order valence-corrected chi connectivity index (χ2v) is 6.82. The molecule has 9 heteroatoms. The molecule has 0 unspecified atom stereocenters. The van der Waals surface area contributed by atoms with Gasteiger partial charge in [-0.25, -0.2) is 9.97 Å². The molecule has 1 heterocycles. The maximum absolute atomic E-state index is 12.2. The minimum absolute atomic E-state index is 0.114. The molecule has 0 spiro atoms. The van der Waals surface area contributed by atoms with Gasteiger partial charge in [-0.3, -0.25) is 9.59 Å². The lowest BCUT2D eigenvalue weighted by atomic mass is 10.2. The predicted octanol–water partition coefficient (Wildman–Crippen LogP) is 3.12. The van der Waals surface area contributed by atoms with Crippen LogP contribution in [0.5, 0.6) is 5.75 Å². The number of amides is 2. The molecule has 26 heavy (non-hydrogen) atoms. The van der Waals surface area contributed by atoms with E-state index in [4.69, 9.17) is 4.74 Å². The molecule has 0 aliphatic rings. The Morgan fingerprint density at radius 3 is 2.65 bits per heavy atom. The fourth-order valence-corrected chi connectivity index (χ4v) is 2.75. The van der Waals surface area contributed by atoms with Crippen molar-refractivity contribution in [2.24, 2.45) is 0 Å². The Balaban J connectivity index is 1.75. The van der Waals surface area contributed by atoms with Gasteiger partial charge in [0, 0.05) is 24.8 Å². The third-order valence-corrected chi connectivity index (χ3v) is 4.50. The number of hydrogen-bond donors (Lipinski definition) is 2. The number of aromatic nitrogens is 2. The van der Waals surface area contributed by atoms with Crippen LogP contribution in [0.15, 0.2) is 40.1 Å². The fraction of sp³-hybridized carbons (Fsp3) is 0.294. The zero-order valence-corrected chi connectivity index (χ0v) is 16.8. The molecule has 1 aromatic carbocycles. The molecule has 2 rings (SSSR count). The Labute approximate surface area is 164 Å². The highest BCUT2D eigenvalue weighted by Crippen LogP contribution is 2.17. The van der Waals surface area contributed by atoms with Crippen LogP contribution in [-0.2, 0) is 4.79 Å². The molecule has 0 saturated heterocycles. The number of thioether (sulfide) groups is 1. The Hall–Kier alpha value is -2.13. The van der Waals surface area contributed by atoms with E-state index in [9.17, 15) is 9.59 Å². The van der Waals surface area contributed by atoms with Crippen LogP contribution in [0.3, 0.4) is 0 Å². The van der Waals surface area contributed by atoms with Gasteiger partial charge in [-0.2, -0.15) is 0 Å². The number of ether oxygens (including phenoxy) is 1. The van der Waals surface area contributed by atoms with Crippen LogP contribution in [0.1, 0.15) is 23.3 Å². The van der Waals surface area contributed by atoms with E-state index < -0.39 is 0 Å². The van der Waals surface area contributed by atoms with Crippen molar-refractivity contribution in [2.75, 3.05) is 25.2 Å². The first kappa shape index (κ1) is 20.2. The molecule has 0 aliphatic carbocycles. The van der Waals surface area contributed by atoms with Crippen molar-refractivity contribution >= 4 is 45.2 Å². The number of hydrogen-bond acceptors (Lipinski definition) is 6. The van der Waals surface area contributed by atoms with Crippen LogP contribution in [0.4, 0.5) is 5.69 Å². The van der Waals surface area contributed by atoms with Crippen LogP contribution in [-0.4, -0.2) is 41.7 Å². The quantitative estimate of drug-likeness (QED) is 0.373. The van der Waals surface area contributed by atoms with Crippen molar-refractivity contribution in [3.05, 3.63) is 40.6 Å². The predicted molar refractivity (Wildman–Crippen MR) is 105 cm³/mol. The van der Waals surface area contributed by atoms with Gasteiger partial charge < -0.3 is 15.4 Å². The number of methoxy groups -OCH3 is 1. The Morgan fingerprint density at radius 1 is 1.27 bits per heavy atom. The average Bonchev–Trinajstić information content (AvgIpc) is 2.66. The van der Waals surface area contributed by atoms with Crippen molar-refractivity contribution in [3.8, 4) is 5.75 Å². The molecule has 0 bridgehead atoms. The largest absolute Gasteiger partial charge is 0.497 e. The second kappa shape index (κ2) is 10.1. The third kappa shape index (κ3) is 5.99. The van der Waals surface area contributed by atoms with Gasteiger partial charge in [-0.15, -0.1) is 0 Å². The van der Waals surface area contributed by atoms with Crippen LogP contribution < -0.4 is 15.4 Å². The van der Waals surface area contributed by atoms with Gasteiger partial charge in [0.2, 0.25) is 5.91 Å². The van der Waals surface area contributed by atoms with E-state index in [0.717, 1.165) is 5.75 Å². The van der Waals surface area contributed by atoms with Crippen LogP contribution in [0.25, 0.3) is 0 Å². The molecule has 2 N–H and O–H groups in total. The Morgan fingerprint density at radius 2 is 2.00 bits per heavy atom. The molecule has 138 valence electrons. The zero-order valence-electron chi connectivity index (χ0n) is 14.4. The lowest BCUT2D eigenvalue weighted by Crippen LogP contribution is -2.27. The van der Waals surface area contributed by atoms with Crippen LogP contribution in [0.2, 0.25) is 0 Å². The summed E-state index contributed by atoms with van der Waals surface area (Å²) in [6, 6.07) is 7.10. The molecule has 2 aromatic rings. The van der Waals surface area contributed by atoms with Crippen LogP contribution in [0, 0.1) is 0 Å². The minimum Gasteiger partial charge on any atom is -0.497 e. The first-order valence-corrected chi connectivity index (χ1v) is 9.84. The number of anilines is 1. The highest BCUT2D eigenvalue weighted by atomic mass is 79.9. The van der Waals surface area contributed by atoms with E-state index in [2.05, 4.69) is 36.5 Å². The maximum atomic E-state index is 12.2. The van der Waals surface area contributed by atoms with E-state index >= 15 is 0 Å². The Kier molecular flexibility index (Phi) is 7.86. The third-order valence-electron chi connectivity index (χ3n) is 3.36. The molecule has 7 nitrogen and oxygen atoms in total. The molecule has 0 atom stereocenters. The highest BCUT2D eigenvalue weighted by molar-refractivity contribution is 9.10. The molecular weight excluding hydrogens is 420 g/mol. The summed E-state index contributed by atoms with van der Waals surface area (Å²) in [6.45, 7) is 0.375. The SMILES string of the molecule is COc1ccc(NC(=O)CCCNC(=O)c2nc(SC)ncc2Br)cc1. The summed E-state index contributed by atoms with van der Waals surface area (Å²) in [5, 5.41) is 6.08. The summed E-state index contributed by atoms with van der Waals surface area (Å²) in [5.74, 6) is 0.314. The number of carbonyl (C=O) groups excluding carboxylic acids is 2. The number of benzene rings is 1. The summed E-state index contributed by atoms with van der Waals surface area (Å²) in [6.07, 6.45) is 4.21. The van der Waals surface area contributed by atoms with Gasteiger partial charge in [-0.05, 0) is 52.9 Å². The molecular formula is C17H19BrN4O3S. The summed E-state index contributed by atoms with van der Waals surface area (Å²) in [4.78, 5) is 32.4. The van der Waals surface area contributed by atoms with Crippen molar-refractivity contribution < 1.29 is 14.3 Å². The van der Waals surface area contributed by atoms with Gasteiger partial charge in [0.25, 0.3) is 5.91 Å². The summed E-state index contributed by atoms with van der Waals surface area (Å²) < 4.78 is 5.60. The first-order chi connectivity index (χ1) is 12.5. The van der Waals surface area contributed by atoms with Gasteiger partial charge in [0.05, 0.1) is 11.6 Å². The van der Waals surface area contributed by atoms with Gasteiger partial charge in [0.15, 0.2) is 5.16 Å². The Bertz CT molecular complexity index is 771. The normalized spacial score (nSPS) is 10.3. The molecule has 0 aliphatic heterocycles. The van der Waals surface area contributed by atoms with Crippen molar-refractivity contribution in [2.45, 2.75) is 18.0 Å². The smallest absolute Gasteiger partial charge is 0.271 e. The number of halogens is 1. The average molecular weight is 439 g/mol. The maximum Gasteiger partial charge on any atom is 0.271 e. The second-order valence-electron chi connectivity index (χ2n) is 5.19. The topological polar surface area (TPSA) is 93.2 Å². The van der Waals surface area contributed by atoms with Gasteiger partial charge in [0.1, 0.15) is 11.4 Å². The molecule has 0 fully saturated rings. The van der Waals surface area contributed by atoms with E-state index in [1.54, 1.807) is 37.6 Å². The van der Waals surface area contributed by atoms with E-state index in [-0.39, 0.29) is 17.5 Å². The molecule has 2 amide bonds. The summed E-state index contributed by atoms with van der Waals surface area (Å²) in [7, 11) is 1.59. The molecule has 0 saturated carbocycles. The van der Waals surface area contributed by atoms with Crippen molar-refractivity contribution in [1.82, 2.24) is 15.3 Å². The van der Waals surface area contributed by atoms with Crippen molar-refractivity contribution in [1.29, 1.82) is 0 Å². The molecule has 0 radical (unpaired) electrons. The van der Waals surface area contributed by atoms with Crippen molar-refractivity contribution in [3.63, 3.8) is 0 Å². The van der Waals surface area contributed by atoms with Crippen LogP contribution >= 0.6 is 27.7 Å². The summed E-state index contributed by atoms with van der Waals surface area (Å²) >= 11 is 4.63. The number of rotatable bonds is 8. The summed E-state index contributed by atoms with van der Waals surface area (Å²) in [5.41, 5.74) is 0.987. The number of nitrogens with zero attached hydrogens (tertiary/aromatic N) is 2. The monoisotopic (exact) mass is 438 g/mol. The van der Waals surface area contributed by atoms with E-state index in [0.29, 0.717) is 34.7 Å². The first-order valence-electron chi connectivity index (χ1n) is 7.82.